The average Bonchev–Trinajstić information content (AvgIpc) is 2.63. The van der Waals surface area contributed by atoms with E-state index in [9.17, 15) is 0 Å². The van der Waals surface area contributed by atoms with E-state index < -0.39 is 0 Å². The maximum Gasteiger partial charge on any atom is 0.0162 e. The van der Waals surface area contributed by atoms with Gasteiger partial charge in [0.1, 0.15) is 0 Å². The Morgan fingerprint density at radius 1 is 1.08 bits per heavy atom. The van der Waals surface area contributed by atoms with E-state index in [4.69, 9.17) is 0 Å². The summed E-state index contributed by atoms with van der Waals surface area (Å²) in [6, 6.07) is 11.5. The standard InChI is InChI=1S/C24H27IS/c1-16(11-23-12-18(3)24(25)13-17(23)2)15-26-19(4)21-10-9-20-7-5-6-8-22(20)14-21/h9-10,12-15H,4-8,11H2,1-3H3/b16-15+. The molecule has 2 aromatic carbocycles. The zero-order valence-electron chi connectivity index (χ0n) is 16.0. The van der Waals surface area contributed by atoms with Crippen LogP contribution in [0.1, 0.15) is 53.1 Å². The molecule has 136 valence electrons. The summed E-state index contributed by atoms with van der Waals surface area (Å²) in [5.74, 6) is 0. The van der Waals surface area contributed by atoms with Crippen molar-refractivity contribution in [2.75, 3.05) is 0 Å². The normalized spacial score (nSPS) is 14.2. The van der Waals surface area contributed by atoms with Gasteiger partial charge >= 0.3 is 0 Å². The van der Waals surface area contributed by atoms with Gasteiger partial charge in [-0.15, -0.1) is 0 Å². The summed E-state index contributed by atoms with van der Waals surface area (Å²) < 4.78 is 1.35. The molecule has 1 aliphatic carbocycles. The SMILES string of the molecule is C=C(S/C=C(\C)Cc1cc(C)c(I)cc1C)c1ccc2c(c1)CCCC2. The van der Waals surface area contributed by atoms with Crippen LogP contribution >= 0.6 is 34.4 Å². The molecular formula is C24H27IS. The molecule has 0 fully saturated rings. The van der Waals surface area contributed by atoms with Crippen molar-refractivity contribution in [2.24, 2.45) is 0 Å². The van der Waals surface area contributed by atoms with Crippen LogP contribution in [0.15, 0.2) is 47.9 Å². The fourth-order valence-corrected chi connectivity index (χ4v) is 4.83. The minimum Gasteiger partial charge on any atom is -0.0981 e. The van der Waals surface area contributed by atoms with Gasteiger partial charge in [-0.2, -0.15) is 0 Å². The molecule has 0 radical (unpaired) electrons. The van der Waals surface area contributed by atoms with Crippen molar-refractivity contribution >= 4 is 39.3 Å². The summed E-state index contributed by atoms with van der Waals surface area (Å²) in [5, 5.41) is 2.27. The number of hydrogen-bond donors (Lipinski definition) is 0. The van der Waals surface area contributed by atoms with Gasteiger partial charge < -0.3 is 0 Å². The summed E-state index contributed by atoms with van der Waals surface area (Å²) in [4.78, 5) is 1.15. The molecule has 2 heteroatoms. The summed E-state index contributed by atoms with van der Waals surface area (Å²) >= 11 is 4.18. The van der Waals surface area contributed by atoms with E-state index >= 15 is 0 Å². The molecule has 0 amide bonds. The Labute approximate surface area is 176 Å². The first kappa shape index (κ1) is 19.8. The second-order valence-electron chi connectivity index (χ2n) is 7.40. The zero-order valence-corrected chi connectivity index (χ0v) is 19.0. The van der Waals surface area contributed by atoms with Gasteiger partial charge in [-0.05, 0) is 120 Å². The largest absolute Gasteiger partial charge is 0.0981 e. The lowest BCUT2D eigenvalue weighted by molar-refractivity contribution is 0.685. The number of rotatable bonds is 5. The van der Waals surface area contributed by atoms with Crippen molar-refractivity contribution in [3.8, 4) is 0 Å². The Hall–Kier alpha value is -1.00. The number of aryl methyl sites for hydroxylation is 4. The number of thioether (sulfide) groups is 1. The fourth-order valence-electron chi connectivity index (χ4n) is 3.52. The van der Waals surface area contributed by atoms with Gasteiger partial charge in [0.25, 0.3) is 0 Å². The highest BCUT2D eigenvalue weighted by molar-refractivity contribution is 14.1. The molecule has 0 aliphatic heterocycles. The van der Waals surface area contributed by atoms with Crippen LogP contribution in [0.25, 0.3) is 4.91 Å². The van der Waals surface area contributed by atoms with Crippen LogP contribution in [0.2, 0.25) is 0 Å². The topological polar surface area (TPSA) is 0 Å². The van der Waals surface area contributed by atoms with Gasteiger partial charge in [-0.25, -0.2) is 0 Å². The van der Waals surface area contributed by atoms with Gasteiger partial charge in [0.15, 0.2) is 0 Å². The van der Waals surface area contributed by atoms with Crippen molar-refractivity contribution in [1.82, 2.24) is 0 Å². The molecule has 0 nitrogen and oxygen atoms in total. The summed E-state index contributed by atoms with van der Waals surface area (Å²) in [7, 11) is 0. The zero-order chi connectivity index (χ0) is 18.7. The van der Waals surface area contributed by atoms with E-state index in [2.05, 4.69) is 85.7 Å². The van der Waals surface area contributed by atoms with Crippen LogP contribution in [-0.2, 0) is 19.3 Å². The second kappa shape index (κ2) is 8.79. The van der Waals surface area contributed by atoms with Crippen LogP contribution < -0.4 is 0 Å². The molecule has 2 aromatic rings. The third-order valence-corrected chi connectivity index (χ3v) is 7.36. The smallest absolute Gasteiger partial charge is 0.0162 e. The number of halogens is 1. The lowest BCUT2D eigenvalue weighted by Gasteiger charge is -2.17. The van der Waals surface area contributed by atoms with E-state index in [0.29, 0.717) is 0 Å². The van der Waals surface area contributed by atoms with E-state index in [-0.39, 0.29) is 0 Å². The summed E-state index contributed by atoms with van der Waals surface area (Å²) in [6.45, 7) is 10.9. The molecule has 0 aromatic heterocycles. The minimum atomic E-state index is 1.01. The molecule has 0 atom stereocenters. The molecular weight excluding hydrogens is 447 g/mol. The highest BCUT2D eigenvalue weighted by Crippen LogP contribution is 2.32. The Morgan fingerprint density at radius 3 is 2.58 bits per heavy atom. The van der Waals surface area contributed by atoms with Gasteiger partial charge in [-0.1, -0.05) is 48.2 Å². The molecule has 3 rings (SSSR count). The highest BCUT2D eigenvalue weighted by Gasteiger charge is 2.10. The van der Waals surface area contributed by atoms with Crippen molar-refractivity contribution in [2.45, 2.75) is 52.9 Å². The van der Waals surface area contributed by atoms with Crippen LogP contribution in [0.4, 0.5) is 0 Å². The van der Waals surface area contributed by atoms with Crippen molar-refractivity contribution in [3.05, 3.63) is 84.8 Å². The van der Waals surface area contributed by atoms with Crippen LogP contribution in [-0.4, -0.2) is 0 Å². The van der Waals surface area contributed by atoms with E-state index in [1.165, 1.54) is 68.2 Å². The third kappa shape index (κ3) is 4.83. The molecule has 0 saturated heterocycles. The lowest BCUT2D eigenvalue weighted by atomic mass is 9.90. The van der Waals surface area contributed by atoms with Gasteiger partial charge in [0, 0.05) is 8.48 Å². The van der Waals surface area contributed by atoms with Crippen LogP contribution in [0, 0.1) is 17.4 Å². The molecule has 0 heterocycles. The summed E-state index contributed by atoms with van der Waals surface area (Å²) in [6.07, 6.45) is 6.13. The maximum absolute atomic E-state index is 4.31. The number of allylic oxidation sites excluding steroid dienone is 1. The van der Waals surface area contributed by atoms with E-state index in [1.54, 1.807) is 11.8 Å². The van der Waals surface area contributed by atoms with Crippen LogP contribution in [0.3, 0.4) is 0 Å². The monoisotopic (exact) mass is 474 g/mol. The molecule has 0 bridgehead atoms. The van der Waals surface area contributed by atoms with E-state index in [0.717, 1.165) is 11.3 Å². The van der Waals surface area contributed by atoms with Gasteiger partial charge in [0.2, 0.25) is 0 Å². The first-order chi connectivity index (χ1) is 12.4. The second-order valence-corrected chi connectivity index (χ2v) is 9.53. The van der Waals surface area contributed by atoms with Crippen LogP contribution in [0.5, 0.6) is 0 Å². The molecule has 1 aliphatic rings. The maximum atomic E-state index is 4.31. The van der Waals surface area contributed by atoms with Gasteiger partial charge in [0.05, 0.1) is 0 Å². The Morgan fingerprint density at radius 2 is 1.81 bits per heavy atom. The quantitative estimate of drug-likeness (QED) is 0.402. The van der Waals surface area contributed by atoms with Gasteiger partial charge in [-0.3, -0.25) is 0 Å². The highest BCUT2D eigenvalue weighted by atomic mass is 127. The van der Waals surface area contributed by atoms with Crippen molar-refractivity contribution in [3.63, 3.8) is 0 Å². The fraction of sp³-hybridized carbons (Fsp3) is 0.333. The average molecular weight is 474 g/mol. The molecule has 0 saturated carbocycles. The van der Waals surface area contributed by atoms with Crippen molar-refractivity contribution in [1.29, 1.82) is 0 Å². The lowest BCUT2D eigenvalue weighted by Crippen LogP contribution is -2.02. The first-order valence-corrected chi connectivity index (χ1v) is 11.3. The molecule has 0 unspecified atom stereocenters. The van der Waals surface area contributed by atoms with Crippen molar-refractivity contribution < 1.29 is 0 Å². The molecule has 0 N–H and O–H groups in total. The van der Waals surface area contributed by atoms with E-state index in [1.807, 2.05) is 0 Å². The summed E-state index contributed by atoms with van der Waals surface area (Å²) in [5.41, 5.74) is 9.90. The third-order valence-electron chi connectivity index (χ3n) is 5.16. The number of hydrogen-bond acceptors (Lipinski definition) is 1. The first-order valence-electron chi connectivity index (χ1n) is 9.33. The number of benzene rings is 2. The molecule has 26 heavy (non-hydrogen) atoms. The molecule has 0 spiro atoms. The Balaban J connectivity index is 1.67. The number of fused-ring (bicyclic) bond motifs is 1. The Kier molecular flexibility index (Phi) is 6.68. The Bertz CT molecular complexity index is 861. The predicted octanol–water partition coefficient (Wildman–Crippen LogP) is 7.64. The minimum absolute atomic E-state index is 1.01. The predicted molar refractivity (Wildman–Crippen MR) is 126 cm³/mol.